The van der Waals surface area contributed by atoms with Crippen molar-refractivity contribution in [2.45, 2.75) is 65.2 Å². The van der Waals surface area contributed by atoms with Crippen LogP contribution in [0.3, 0.4) is 0 Å². The second-order valence-electron chi connectivity index (χ2n) is 6.47. The molecule has 20 heavy (non-hydrogen) atoms. The van der Waals surface area contributed by atoms with Gasteiger partial charge in [0, 0.05) is 11.8 Å². The molecule has 2 fully saturated rings. The van der Waals surface area contributed by atoms with Crippen LogP contribution in [-0.4, -0.2) is 11.8 Å². The van der Waals surface area contributed by atoms with Gasteiger partial charge < -0.3 is 0 Å². The van der Waals surface area contributed by atoms with Gasteiger partial charge in [0.1, 0.15) is 0 Å². The number of nitrogens with one attached hydrogen (secondary N) is 2. The summed E-state index contributed by atoms with van der Waals surface area (Å²) in [4.78, 5) is 23.7. The highest BCUT2D eigenvalue weighted by atomic mass is 16.2. The van der Waals surface area contributed by atoms with E-state index in [4.69, 9.17) is 0 Å². The monoisotopic (exact) mass is 280 g/mol. The van der Waals surface area contributed by atoms with Crippen molar-refractivity contribution in [3.05, 3.63) is 0 Å². The molecular weight excluding hydrogens is 252 g/mol. The Morgan fingerprint density at radius 2 is 1.25 bits per heavy atom. The molecule has 2 saturated carbocycles. The minimum absolute atomic E-state index is 0.00483. The van der Waals surface area contributed by atoms with E-state index in [0.717, 1.165) is 25.7 Å². The van der Waals surface area contributed by atoms with Crippen molar-refractivity contribution in [3.8, 4) is 0 Å². The number of hydrogen-bond acceptors (Lipinski definition) is 2. The third-order valence-electron chi connectivity index (χ3n) is 4.68. The van der Waals surface area contributed by atoms with E-state index in [2.05, 4.69) is 24.7 Å². The summed E-state index contributed by atoms with van der Waals surface area (Å²) in [6.45, 7) is 4.34. The first-order valence-corrected chi connectivity index (χ1v) is 8.27. The van der Waals surface area contributed by atoms with E-state index in [9.17, 15) is 9.59 Å². The highest BCUT2D eigenvalue weighted by molar-refractivity contribution is 5.87. The predicted molar refractivity (Wildman–Crippen MR) is 78.5 cm³/mol. The maximum atomic E-state index is 11.9. The van der Waals surface area contributed by atoms with Gasteiger partial charge in [0.2, 0.25) is 11.8 Å². The molecule has 0 heterocycles. The van der Waals surface area contributed by atoms with Gasteiger partial charge in [-0.05, 0) is 37.5 Å². The summed E-state index contributed by atoms with van der Waals surface area (Å²) in [6.07, 6.45) is 9.03. The Balaban J connectivity index is 1.57. The number of hydrogen-bond donors (Lipinski definition) is 2. The molecule has 4 heteroatoms. The normalized spacial score (nSPS) is 30.7. The third kappa shape index (κ3) is 4.22. The number of hydrazine groups is 1. The Bertz CT molecular complexity index is 322. The topological polar surface area (TPSA) is 58.2 Å². The van der Waals surface area contributed by atoms with Crippen molar-refractivity contribution >= 4 is 11.8 Å². The Hall–Kier alpha value is -1.06. The summed E-state index contributed by atoms with van der Waals surface area (Å²) in [7, 11) is 0. The average Bonchev–Trinajstić information content (AvgIpc) is 3.34. The molecule has 4 nitrogen and oxygen atoms in total. The second-order valence-corrected chi connectivity index (χ2v) is 6.47. The zero-order valence-corrected chi connectivity index (χ0v) is 12.8. The molecule has 2 aliphatic carbocycles. The van der Waals surface area contributed by atoms with Crippen LogP contribution in [0.2, 0.25) is 0 Å². The van der Waals surface area contributed by atoms with E-state index in [-0.39, 0.29) is 23.7 Å². The molecule has 2 N–H and O–H groups in total. The molecule has 0 radical (unpaired) electrons. The summed E-state index contributed by atoms with van der Waals surface area (Å²) >= 11 is 0. The fourth-order valence-corrected chi connectivity index (χ4v) is 3.02. The summed E-state index contributed by atoms with van der Waals surface area (Å²) in [5.41, 5.74) is 5.22. The van der Waals surface area contributed by atoms with Crippen molar-refractivity contribution in [1.82, 2.24) is 10.9 Å². The predicted octanol–water partition coefficient (Wildman–Crippen LogP) is 2.79. The molecule has 0 unspecified atom stereocenters. The Labute approximate surface area is 122 Å². The van der Waals surface area contributed by atoms with Crippen molar-refractivity contribution in [2.24, 2.45) is 23.7 Å². The molecule has 0 aromatic rings. The van der Waals surface area contributed by atoms with Crippen LogP contribution < -0.4 is 10.9 Å². The quantitative estimate of drug-likeness (QED) is 0.672. The van der Waals surface area contributed by atoms with Crippen LogP contribution in [0, 0.1) is 23.7 Å². The van der Waals surface area contributed by atoms with Crippen LogP contribution in [-0.2, 0) is 9.59 Å². The molecule has 0 spiro atoms. The largest absolute Gasteiger partial charge is 0.273 e. The highest BCUT2D eigenvalue weighted by Crippen LogP contribution is 2.43. The first kappa shape index (κ1) is 15.3. The fraction of sp³-hybridized carbons (Fsp3) is 0.875. The maximum Gasteiger partial charge on any atom is 0.241 e. The molecule has 0 aliphatic heterocycles. The molecule has 2 rings (SSSR count). The number of rotatable bonds is 8. The van der Waals surface area contributed by atoms with Gasteiger partial charge in [-0.2, -0.15) is 0 Å². The lowest BCUT2D eigenvalue weighted by atomic mass is 10.1. The van der Waals surface area contributed by atoms with Crippen molar-refractivity contribution < 1.29 is 9.59 Å². The van der Waals surface area contributed by atoms with Crippen LogP contribution in [0.4, 0.5) is 0 Å². The van der Waals surface area contributed by atoms with E-state index in [1.54, 1.807) is 0 Å². The van der Waals surface area contributed by atoms with Crippen LogP contribution in [0.15, 0.2) is 0 Å². The van der Waals surface area contributed by atoms with E-state index in [1.807, 2.05) is 0 Å². The number of carbonyl (C=O) groups is 2. The van der Waals surface area contributed by atoms with Crippen LogP contribution in [0.25, 0.3) is 0 Å². The number of amides is 2. The minimum atomic E-state index is 0.00483. The smallest absolute Gasteiger partial charge is 0.241 e. The maximum absolute atomic E-state index is 11.9. The summed E-state index contributed by atoms with van der Waals surface area (Å²) in [6, 6.07) is 0. The lowest BCUT2D eigenvalue weighted by molar-refractivity contribution is -0.130. The zero-order valence-electron chi connectivity index (χ0n) is 12.8. The minimum Gasteiger partial charge on any atom is -0.273 e. The summed E-state index contributed by atoms with van der Waals surface area (Å²) in [5.74, 6) is 1.37. The molecule has 0 aromatic heterocycles. The Morgan fingerprint density at radius 1 is 0.850 bits per heavy atom. The third-order valence-corrected chi connectivity index (χ3v) is 4.68. The first-order valence-electron chi connectivity index (χ1n) is 8.27. The van der Waals surface area contributed by atoms with Gasteiger partial charge in [0.05, 0.1) is 0 Å². The Morgan fingerprint density at radius 3 is 1.60 bits per heavy atom. The van der Waals surface area contributed by atoms with Crippen molar-refractivity contribution in [1.29, 1.82) is 0 Å². The van der Waals surface area contributed by atoms with Gasteiger partial charge in [-0.25, -0.2) is 0 Å². The van der Waals surface area contributed by atoms with Gasteiger partial charge in [-0.1, -0.05) is 39.5 Å². The summed E-state index contributed by atoms with van der Waals surface area (Å²) in [5, 5.41) is 0. The fourth-order valence-electron chi connectivity index (χ4n) is 3.02. The lowest BCUT2D eigenvalue weighted by Crippen LogP contribution is -2.43. The molecule has 2 amide bonds. The van der Waals surface area contributed by atoms with Gasteiger partial charge in [0.25, 0.3) is 0 Å². The molecule has 0 bridgehead atoms. The molecule has 0 aromatic carbocycles. The summed E-state index contributed by atoms with van der Waals surface area (Å²) < 4.78 is 0. The van der Waals surface area contributed by atoms with Gasteiger partial charge in [-0.15, -0.1) is 0 Å². The molecule has 114 valence electrons. The second kappa shape index (κ2) is 7.09. The van der Waals surface area contributed by atoms with E-state index < -0.39 is 0 Å². The number of carbonyl (C=O) groups excluding carboxylic acids is 2. The first-order chi connectivity index (χ1) is 9.67. The SMILES string of the molecule is CCCC[C@@H]1C[C@@H]1C(=O)NNC(=O)[C@@H]1C[C@@H]1CCCC. The van der Waals surface area contributed by atoms with E-state index in [0.29, 0.717) is 11.8 Å². The van der Waals surface area contributed by atoms with Crippen LogP contribution in [0.5, 0.6) is 0 Å². The molecule has 0 saturated heterocycles. The van der Waals surface area contributed by atoms with Crippen LogP contribution >= 0.6 is 0 Å². The highest BCUT2D eigenvalue weighted by Gasteiger charge is 2.44. The standard InChI is InChI=1S/C16H28N2O2/c1-3-5-7-11-9-13(11)15(19)17-18-16(20)14-10-12(14)8-6-4-2/h11-14H,3-10H2,1-2H3,(H,17,19)(H,18,20)/t11-,12+,13+,14-. The molecule has 2 aliphatic rings. The van der Waals surface area contributed by atoms with E-state index >= 15 is 0 Å². The van der Waals surface area contributed by atoms with Crippen LogP contribution in [0.1, 0.15) is 65.2 Å². The van der Waals surface area contributed by atoms with Gasteiger partial charge in [-0.3, -0.25) is 20.4 Å². The van der Waals surface area contributed by atoms with E-state index in [1.165, 1.54) is 25.7 Å². The average molecular weight is 280 g/mol. The van der Waals surface area contributed by atoms with Crippen molar-refractivity contribution in [3.63, 3.8) is 0 Å². The zero-order chi connectivity index (χ0) is 14.5. The van der Waals surface area contributed by atoms with Gasteiger partial charge in [0.15, 0.2) is 0 Å². The molecular formula is C16H28N2O2. The number of unbranched alkanes of at least 4 members (excludes halogenated alkanes) is 2. The molecule has 4 atom stereocenters. The Kier molecular flexibility index (Phi) is 5.44. The van der Waals surface area contributed by atoms with Gasteiger partial charge >= 0.3 is 0 Å². The van der Waals surface area contributed by atoms with Crippen molar-refractivity contribution in [2.75, 3.05) is 0 Å². The lowest BCUT2D eigenvalue weighted by Gasteiger charge is -2.07.